The van der Waals surface area contributed by atoms with Crippen molar-refractivity contribution in [2.45, 2.75) is 31.0 Å². The number of benzene rings is 2. The molecule has 0 bridgehead atoms. The highest BCUT2D eigenvalue weighted by molar-refractivity contribution is 9.10. The first kappa shape index (κ1) is 20.0. The van der Waals surface area contributed by atoms with Crippen LogP contribution in [0.3, 0.4) is 0 Å². The first-order chi connectivity index (χ1) is 13.1. The average Bonchev–Trinajstić information content (AvgIpc) is 3.04. The van der Waals surface area contributed by atoms with Gasteiger partial charge in [-0.25, -0.2) is 0 Å². The lowest BCUT2D eigenvalue weighted by Crippen LogP contribution is -2.07. The minimum atomic E-state index is 0.295. The molecule has 0 N–H and O–H groups in total. The van der Waals surface area contributed by atoms with E-state index in [1.807, 2.05) is 47.9 Å². The lowest BCUT2D eigenvalue weighted by Gasteiger charge is -2.10. The molecule has 0 saturated carbocycles. The molecule has 1 heterocycles. The van der Waals surface area contributed by atoms with E-state index in [9.17, 15) is 0 Å². The van der Waals surface area contributed by atoms with E-state index in [-0.39, 0.29) is 0 Å². The summed E-state index contributed by atoms with van der Waals surface area (Å²) in [6.45, 7) is 6.75. The van der Waals surface area contributed by atoms with Crippen molar-refractivity contribution in [3.05, 3.63) is 81.6 Å². The van der Waals surface area contributed by atoms with Crippen LogP contribution in [0.5, 0.6) is 5.75 Å². The summed E-state index contributed by atoms with van der Waals surface area (Å²) < 4.78 is 8.96. The van der Waals surface area contributed by atoms with Gasteiger partial charge in [-0.3, -0.25) is 4.57 Å². The standard InChI is InChI=1S/C20H19BrClN3OS/c1-3-10-25-19(12-26-18-11-14(2)4-9-17(18)22)23-24-20(25)27-13-15-5-7-16(21)8-6-15/h3-9,11H,1,10,12-13H2,2H3. The van der Waals surface area contributed by atoms with E-state index < -0.39 is 0 Å². The molecule has 0 unspecified atom stereocenters. The molecule has 0 aliphatic rings. The van der Waals surface area contributed by atoms with Gasteiger partial charge in [0.2, 0.25) is 0 Å². The summed E-state index contributed by atoms with van der Waals surface area (Å²) in [5.41, 5.74) is 2.31. The number of halogens is 2. The van der Waals surface area contributed by atoms with E-state index in [4.69, 9.17) is 16.3 Å². The van der Waals surface area contributed by atoms with E-state index in [0.717, 1.165) is 26.8 Å². The molecule has 140 valence electrons. The summed E-state index contributed by atoms with van der Waals surface area (Å²) >= 11 is 11.3. The Labute approximate surface area is 176 Å². The fourth-order valence-electron chi connectivity index (χ4n) is 2.44. The van der Waals surface area contributed by atoms with Crippen LogP contribution < -0.4 is 4.74 Å². The van der Waals surface area contributed by atoms with Gasteiger partial charge < -0.3 is 4.74 Å². The molecule has 2 aromatic carbocycles. The van der Waals surface area contributed by atoms with Crippen LogP contribution in [-0.2, 0) is 18.9 Å². The molecule has 27 heavy (non-hydrogen) atoms. The Balaban J connectivity index is 1.71. The average molecular weight is 465 g/mol. The number of aryl methyl sites for hydroxylation is 1. The highest BCUT2D eigenvalue weighted by Crippen LogP contribution is 2.27. The molecule has 3 aromatic rings. The summed E-state index contributed by atoms with van der Waals surface area (Å²) in [6, 6.07) is 14.0. The van der Waals surface area contributed by atoms with Gasteiger partial charge in [0.15, 0.2) is 11.0 Å². The van der Waals surface area contributed by atoms with Gasteiger partial charge in [-0.1, -0.05) is 63.6 Å². The second kappa shape index (κ2) is 9.44. The van der Waals surface area contributed by atoms with Crippen molar-refractivity contribution in [3.63, 3.8) is 0 Å². The van der Waals surface area contributed by atoms with Crippen LogP contribution in [0.1, 0.15) is 17.0 Å². The molecule has 0 fully saturated rings. The molecule has 0 amide bonds. The second-order valence-electron chi connectivity index (χ2n) is 5.94. The molecular formula is C20H19BrClN3OS. The van der Waals surface area contributed by atoms with Gasteiger partial charge in [-0.2, -0.15) is 0 Å². The fraction of sp³-hybridized carbons (Fsp3) is 0.200. The molecule has 0 atom stereocenters. The number of thioether (sulfide) groups is 1. The predicted octanol–water partition coefficient (Wildman–Crippen LogP) is 6.06. The predicted molar refractivity (Wildman–Crippen MR) is 114 cm³/mol. The smallest absolute Gasteiger partial charge is 0.191 e. The summed E-state index contributed by atoms with van der Waals surface area (Å²) in [5, 5.41) is 10.0. The van der Waals surface area contributed by atoms with Gasteiger partial charge in [0.25, 0.3) is 0 Å². The maximum Gasteiger partial charge on any atom is 0.191 e. The SMILES string of the molecule is C=CCn1c(COc2cc(C)ccc2Cl)nnc1SCc1ccc(Br)cc1. The Morgan fingerprint density at radius 2 is 2.00 bits per heavy atom. The van der Waals surface area contributed by atoms with E-state index in [1.165, 1.54) is 5.56 Å². The van der Waals surface area contributed by atoms with Crippen molar-refractivity contribution in [2.75, 3.05) is 0 Å². The van der Waals surface area contributed by atoms with Crippen molar-refractivity contribution >= 4 is 39.3 Å². The van der Waals surface area contributed by atoms with Crippen LogP contribution in [0, 0.1) is 6.92 Å². The van der Waals surface area contributed by atoms with E-state index in [0.29, 0.717) is 23.9 Å². The quantitative estimate of drug-likeness (QED) is 0.300. The first-order valence-corrected chi connectivity index (χ1v) is 10.5. The van der Waals surface area contributed by atoms with E-state index in [1.54, 1.807) is 11.8 Å². The number of allylic oxidation sites excluding steroid dienone is 1. The van der Waals surface area contributed by atoms with Crippen molar-refractivity contribution in [1.29, 1.82) is 0 Å². The maximum absolute atomic E-state index is 6.21. The molecule has 0 aliphatic heterocycles. The van der Waals surface area contributed by atoms with Gasteiger partial charge in [0.1, 0.15) is 12.4 Å². The molecule has 1 aromatic heterocycles. The third kappa shape index (κ3) is 5.37. The zero-order valence-electron chi connectivity index (χ0n) is 14.9. The molecular weight excluding hydrogens is 446 g/mol. The van der Waals surface area contributed by atoms with Gasteiger partial charge in [0, 0.05) is 16.8 Å². The number of hydrogen-bond donors (Lipinski definition) is 0. The zero-order chi connectivity index (χ0) is 19.2. The van der Waals surface area contributed by atoms with E-state index >= 15 is 0 Å². The number of nitrogens with zero attached hydrogens (tertiary/aromatic N) is 3. The molecule has 0 spiro atoms. The third-order valence-corrected chi connectivity index (χ3v) is 5.71. The highest BCUT2D eigenvalue weighted by atomic mass is 79.9. The molecule has 3 rings (SSSR count). The van der Waals surface area contributed by atoms with Crippen LogP contribution in [0.4, 0.5) is 0 Å². The van der Waals surface area contributed by atoms with Crippen LogP contribution in [-0.4, -0.2) is 14.8 Å². The second-order valence-corrected chi connectivity index (χ2v) is 8.20. The highest BCUT2D eigenvalue weighted by Gasteiger charge is 2.13. The Morgan fingerprint density at radius 1 is 1.22 bits per heavy atom. The van der Waals surface area contributed by atoms with Crippen molar-refractivity contribution < 1.29 is 4.74 Å². The largest absolute Gasteiger partial charge is 0.484 e. The monoisotopic (exact) mass is 463 g/mol. The van der Waals surface area contributed by atoms with Gasteiger partial charge in [-0.15, -0.1) is 16.8 Å². The van der Waals surface area contributed by atoms with Crippen LogP contribution in [0.2, 0.25) is 5.02 Å². The molecule has 0 aliphatic carbocycles. The van der Waals surface area contributed by atoms with Crippen molar-refractivity contribution in [2.24, 2.45) is 0 Å². The summed E-state index contributed by atoms with van der Waals surface area (Å²) in [4.78, 5) is 0. The summed E-state index contributed by atoms with van der Waals surface area (Å²) in [6.07, 6.45) is 1.83. The van der Waals surface area contributed by atoms with E-state index in [2.05, 4.69) is 44.8 Å². The van der Waals surface area contributed by atoms with Gasteiger partial charge in [-0.05, 0) is 42.3 Å². The lowest BCUT2D eigenvalue weighted by atomic mass is 10.2. The fourth-order valence-corrected chi connectivity index (χ4v) is 3.80. The number of aromatic nitrogens is 3. The Kier molecular flexibility index (Phi) is 6.99. The number of ether oxygens (including phenoxy) is 1. The summed E-state index contributed by atoms with van der Waals surface area (Å²) in [5.74, 6) is 2.20. The normalized spacial score (nSPS) is 10.8. The maximum atomic E-state index is 6.21. The van der Waals surface area contributed by atoms with Crippen LogP contribution in [0.25, 0.3) is 0 Å². The topological polar surface area (TPSA) is 39.9 Å². The van der Waals surface area contributed by atoms with Crippen molar-refractivity contribution in [3.8, 4) is 5.75 Å². The zero-order valence-corrected chi connectivity index (χ0v) is 18.0. The van der Waals surface area contributed by atoms with Crippen LogP contribution in [0.15, 0.2) is 64.7 Å². The summed E-state index contributed by atoms with van der Waals surface area (Å²) in [7, 11) is 0. The van der Waals surface area contributed by atoms with Crippen LogP contribution >= 0.6 is 39.3 Å². The lowest BCUT2D eigenvalue weighted by molar-refractivity contribution is 0.289. The Hall–Kier alpha value is -1.76. The third-order valence-electron chi connectivity index (χ3n) is 3.83. The molecule has 7 heteroatoms. The molecule has 0 radical (unpaired) electrons. The first-order valence-electron chi connectivity index (χ1n) is 8.36. The van der Waals surface area contributed by atoms with Crippen molar-refractivity contribution in [1.82, 2.24) is 14.8 Å². The Bertz CT molecular complexity index is 927. The molecule has 0 saturated heterocycles. The number of rotatable bonds is 8. The minimum absolute atomic E-state index is 0.295. The van der Waals surface area contributed by atoms with Gasteiger partial charge >= 0.3 is 0 Å². The Morgan fingerprint density at radius 3 is 2.74 bits per heavy atom. The minimum Gasteiger partial charge on any atom is -0.484 e. The molecule has 4 nitrogen and oxygen atoms in total. The number of hydrogen-bond acceptors (Lipinski definition) is 4. The van der Waals surface area contributed by atoms with Gasteiger partial charge in [0.05, 0.1) is 5.02 Å².